The van der Waals surface area contributed by atoms with Crippen LogP contribution >= 0.6 is 0 Å². The number of aromatic nitrogens is 1. The van der Waals surface area contributed by atoms with Gasteiger partial charge in [-0.15, -0.1) is 0 Å². The first kappa shape index (κ1) is 12.9. The van der Waals surface area contributed by atoms with Gasteiger partial charge in [0.25, 0.3) is 0 Å². The largest absolute Gasteiger partial charge is 0.397 e. The van der Waals surface area contributed by atoms with Crippen molar-refractivity contribution >= 4 is 17.1 Å². The molecule has 1 aromatic carbocycles. The van der Waals surface area contributed by atoms with Crippen molar-refractivity contribution in [3.63, 3.8) is 0 Å². The number of nitrogen functional groups attached to an aromatic ring is 1. The van der Waals surface area contributed by atoms with Crippen LogP contribution in [0.25, 0.3) is 16.0 Å². The third kappa shape index (κ3) is 2.86. The fourth-order valence-electron chi connectivity index (χ4n) is 3.10. The van der Waals surface area contributed by atoms with Crippen LogP contribution in [0.15, 0.2) is 36.7 Å². The molecule has 5 heteroatoms. The number of hydrogen-bond donors (Lipinski definition) is 2. The molecule has 1 aromatic heterocycles. The van der Waals surface area contributed by atoms with E-state index in [0.29, 0.717) is 35.6 Å². The average molecular weight is 310 g/mol. The van der Waals surface area contributed by atoms with E-state index in [1.165, 1.54) is 0 Å². The van der Waals surface area contributed by atoms with Gasteiger partial charge in [-0.25, -0.2) is 4.85 Å². The summed E-state index contributed by atoms with van der Waals surface area (Å²) in [5.41, 5.74) is 9.32. The standard InChI is InChI=1S/C18H20N4O/c1-12-7-14(11-23)22(10-12)18-8-13(3-4-16(18)19)15-9-21-6-5-17(15)20-2/h3-6,8-9,12,14,23H,7,10-11,19H2,1H3/t12-,14-/m0/s1/i11D2. The quantitative estimate of drug-likeness (QED) is 0.675. The molecule has 3 N–H and O–H groups in total. The van der Waals surface area contributed by atoms with Crippen LogP contribution in [0.4, 0.5) is 17.1 Å². The second-order valence-electron chi connectivity index (χ2n) is 5.92. The van der Waals surface area contributed by atoms with E-state index in [2.05, 4.69) is 9.83 Å². The number of pyridine rings is 1. The molecule has 0 amide bonds. The van der Waals surface area contributed by atoms with Crippen molar-refractivity contribution in [1.29, 1.82) is 0 Å². The Bertz CT molecular complexity index is 829. The van der Waals surface area contributed by atoms with Gasteiger partial charge in [0.05, 0.1) is 33.3 Å². The molecular formula is C18H20N4O. The van der Waals surface area contributed by atoms with Gasteiger partial charge in [0.15, 0.2) is 5.69 Å². The second kappa shape index (κ2) is 6.27. The van der Waals surface area contributed by atoms with Gasteiger partial charge >= 0.3 is 0 Å². The van der Waals surface area contributed by atoms with Crippen LogP contribution < -0.4 is 10.6 Å². The SMILES string of the molecule is [2H]C([2H])(O)[C@@H]1C[C@H](C)CN1c1cc(-c2cnccc2[N+]#[C-])ccc1N. The van der Waals surface area contributed by atoms with Crippen LogP contribution in [-0.2, 0) is 0 Å². The van der Waals surface area contributed by atoms with Crippen molar-refractivity contribution in [1.82, 2.24) is 4.98 Å². The van der Waals surface area contributed by atoms with Crippen molar-refractivity contribution in [2.24, 2.45) is 5.92 Å². The first-order valence-corrected chi connectivity index (χ1v) is 7.51. The zero-order chi connectivity index (χ0) is 18.2. The molecule has 1 fully saturated rings. The highest BCUT2D eigenvalue weighted by Crippen LogP contribution is 2.37. The molecule has 0 bridgehead atoms. The van der Waals surface area contributed by atoms with Crippen molar-refractivity contribution in [3.05, 3.63) is 48.1 Å². The van der Waals surface area contributed by atoms with Crippen LogP contribution in [0, 0.1) is 12.5 Å². The van der Waals surface area contributed by atoms with E-state index in [-0.39, 0.29) is 5.92 Å². The summed E-state index contributed by atoms with van der Waals surface area (Å²) >= 11 is 0. The highest BCUT2D eigenvalue weighted by atomic mass is 16.3. The van der Waals surface area contributed by atoms with E-state index >= 15 is 0 Å². The van der Waals surface area contributed by atoms with Gasteiger partial charge in [-0.2, -0.15) is 0 Å². The fraction of sp³-hybridized carbons (Fsp3) is 0.333. The van der Waals surface area contributed by atoms with Crippen molar-refractivity contribution in [3.8, 4) is 11.1 Å². The van der Waals surface area contributed by atoms with Gasteiger partial charge in [-0.3, -0.25) is 4.98 Å². The molecule has 0 unspecified atom stereocenters. The third-order valence-electron chi connectivity index (χ3n) is 4.23. The minimum absolute atomic E-state index is 0.243. The average Bonchev–Trinajstić information content (AvgIpc) is 2.97. The molecule has 0 spiro atoms. The lowest BCUT2D eigenvalue weighted by atomic mass is 10.0. The van der Waals surface area contributed by atoms with Crippen LogP contribution in [0.5, 0.6) is 0 Å². The summed E-state index contributed by atoms with van der Waals surface area (Å²) in [6, 6.07) is 6.42. The first-order chi connectivity index (χ1) is 11.8. The second-order valence-corrected chi connectivity index (χ2v) is 5.92. The monoisotopic (exact) mass is 310 g/mol. The summed E-state index contributed by atoms with van der Waals surface area (Å²) in [6.07, 6.45) is 3.76. The number of rotatable bonds is 3. The van der Waals surface area contributed by atoms with Crippen LogP contribution in [0.1, 0.15) is 16.1 Å². The third-order valence-corrected chi connectivity index (χ3v) is 4.23. The summed E-state index contributed by atoms with van der Waals surface area (Å²) < 4.78 is 15.5. The molecule has 0 saturated carbocycles. The Morgan fingerprint density at radius 3 is 3.09 bits per heavy atom. The molecule has 23 heavy (non-hydrogen) atoms. The van der Waals surface area contributed by atoms with Crippen LogP contribution in [0.2, 0.25) is 0 Å². The summed E-state index contributed by atoms with van der Waals surface area (Å²) in [4.78, 5) is 9.46. The van der Waals surface area contributed by atoms with E-state index in [1.807, 2.05) is 24.0 Å². The molecule has 1 aliphatic heterocycles. The minimum atomic E-state index is -2.32. The summed E-state index contributed by atoms with van der Waals surface area (Å²) in [6.45, 7) is 7.64. The molecule has 118 valence electrons. The van der Waals surface area contributed by atoms with E-state index in [4.69, 9.17) is 15.0 Å². The minimum Gasteiger partial charge on any atom is -0.397 e. The predicted octanol–water partition coefficient (Wildman–Crippen LogP) is 3.09. The number of aliphatic hydroxyl groups is 1. The molecule has 1 aliphatic rings. The summed E-state index contributed by atoms with van der Waals surface area (Å²) in [5.74, 6) is 0.243. The van der Waals surface area contributed by atoms with Gasteiger partial charge < -0.3 is 15.7 Å². The normalized spacial score (nSPS) is 22.4. The Labute approximate surface area is 139 Å². The molecule has 2 heterocycles. The van der Waals surface area contributed by atoms with E-state index in [9.17, 15) is 5.11 Å². The van der Waals surface area contributed by atoms with E-state index in [0.717, 1.165) is 5.56 Å². The fourth-order valence-corrected chi connectivity index (χ4v) is 3.10. The maximum absolute atomic E-state index is 9.93. The Morgan fingerprint density at radius 2 is 2.35 bits per heavy atom. The molecule has 5 nitrogen and oxygen atoms in total. The predicted molar refractivity (Wildman–Crippen MR) is 92.3 cm³/mol. The summed E-state index contributed by atoms with van der Waals surface area (Å²) in [7, 11) is 0. The molecule has 1 saturated heterocycles. The van der Waals surface area contributed by atoms with Crippen LogP contribution in [0.3, 0.4) is 0 Å². The molecular weight excluding hydrogens is 288 g/mol. The van der Waals surface area contributed by atoms with Gasteiger partial charge in [-0.1, -0.05) is 13.0 Å². The molecule has 0 radical (unpaired) electrons. The zero-order valence-corrected chi connectivity index (χ0v) is 12.9. The van der Waals surface area contributed by atoms with Gasteiger partial charge in [0.1, 0.15) is 0 Å². The zero-order valence-electron chi connectivity index (χ0n) is 14.9. The van der Waals surface area contributed by atoms with Gasteiger partial charge in [0, 0.05) is 24.5 Å². The number of hydrogen-bond acceptors (Lipinski definition) is 4. The lowest BCUT2D eigenvalue weighted by Crippen LogP contribution is -2.32. The topological polar surface area (TPSA) is 66.7 Å². The van der Waals surface area contributed by atoms with Gasteiger partial charge in [0.2, 0.25) is 0 Å². The Balaban J connectivity index is 2.07. The number of benzene rings is 1. The first-order valence-electron chi connectivity index (χ1n) is 8.51. The highest BCUT2D eigenvalue weighted by molar-refractivity contribution is 5.83. The van der Waals surface area contributed by atoms with E-state index in [1.54, 1.807) is 24.5 Å². The van der Waals surface area contributed by atoms with Crippen LogP contribution in [-0.4, -0.2) is 29.2 Å². The number of anilines is 2. The van der Waals surface area contributed by atoms with E-state index < -0.39 is 12.6 Å². The molecule has 3 rings (SSSR count). The number of nitrogens with two attached hydrogens (primary N) is 1. The van der Waals surface area contributed by atoms with Crippen molar-refractivity contribution in [2.45, 2.75) is 19.4 Å². The highest BCUT2D eigenvalue weighted by Gasteiger charge is 2.30. The lowest BCUT2D eigenvalue weighted by Gasteiger charge is -2.27. The Kier molecular flexibility index (Phi) is 3.52. The molecule has 2 atom stereocenters. The molecule has 0 aliphatic carbocycles. The van der Waals surface area contributed by atoms with Crippen molar-refractivity contribution in [2.75, 3.05) is 23.7 Å². The smallest absolute Gasteiger partial charge is 0.197 e. The molecule has 2 aromatic rings. The van der Waals surface area contributed by atoms with Gasteiger partial charge in [-0.05, 0) is 36.1 Å². The Hall–Kier alpha value is -2.58. The van der Waals surface area contributed by atoms with Crippen molar-refractivity contribution < 1.29 is 7.85 Å². The number of nitrogens with zero attached hydrogens (tertiary/aromatic N) is 3. The maximum Gasteiger partial charge on any atom is 0.197 e. The maximum atomic E-state index is 9.93. The summed E-state index contributed by atoms with van der Waals surface area (Å²) in [5, 5.41) is 9.93. The Morgan fingerprint density at radius 1 is 1.52 bits per heavy atom. The lowest BCUT2D eigenvalue weighted by molar-refractivity contribution is 0.264.